The summed E-state index contributed by atoms with van der Waals surface area (Å²) < 4.78 is 31.8. The summed E-state index contributed by atoms with van der Waals surface area (Å²) in [6.45, 7) is -0.325. The number of carbonyl (C=O) groups is 1. The van der Waals surface area contributed by atoms with E-state index >= 15 is 0 Å². The molecule has 0 fully saturated rings. The number of ether oxygens (including phenoxy) is 1. The van der Waals surface area contributed by atoms with Crippen molar-refractivity contribution in [3.05, 3.63) is 34.4 Å². The number of benzene rings is 1. The third-order valence-corrected chi connectivity index (χ3v) is 3.28. The van der Waals surface area contributed by atoms with Crippen LogP contribution in [0.2, 0.25) is 0 Å². The van der Waals surface area contributed by atoms with Crippen LogP contribution >= 0.6 is 15.9 Å². The summed E-state index contributed by atoms with van der Waals surface area (Å²) in [6.07, 6.45) is 3.10. The molecule has 112 valence electrons. The van der Waals surface area contributed by atoms with Crippen LogP contribution in [0.1, 0.15) is 23.7 Å². The summed E-state index contributed by atoms with van der Waals surface area (Å²) in [5.41, 5.74) is 1.01. The van der Waals surface area contributed by atoms with Crippen LogP contribution in [0.4, 0.5) is 8.78 Å². The molecular formula is C14H13BrF2N2O2. The lowest BCUT2D eigenvalue weighted by atomic mass is 10.1. The Kier molecular flexibility index (Phi) is 5.06. The number of aromatic nitrogens is 2. The summed E-state index contributed by atoms with van der Waals surface area (Å²) in [6, 6.07) is 4.60. The van der Waals surface area contributed by atoms with Crippen LogP contribution in [0.25, 0.3) is 11.3 Å². The van der Waals surface area contributed by atoms with Crippen molar-refractivity contribution in [3.8, 4) is 17.0 Å². The number of halogens is 3. The SMILES string of the molecule is CCCn1cc(C=O)c(-c2cc(Br)ccc2OC(F)F)n1. The van der Waals surface area contributed by atoms with Crippen LogP contribution in [0.3, 0.4) is 0 Å². The van der Waals surface area contributed by atoms with Gasteiger partial charge in [-0.2, -0.15) is 13.9 Å². The van der Waals surface area contributed by atoms with Gasteiger partial charge in [-0.15, -0.1) is 0 Å². The average molecular weight is 359 g/mol. The smallest absolute Gasteiger partial charge is 0.387 e. The summed E-state index contributed by atoms with van der Waals surface area (Å²) in [4.78, 5) is 11.2. The number of aldehydes is 1. The highest BCUT2D eigenvalue weighted by Gasteiger charge is 2.18. The lowest BCUT2D eigenvalue weighted by molar-refractivity contribution is -0.0494. The molecule has 1 aromatic heterocycles. The quantitative estimate of drug-likeness (QED) is 0.729. The predicted octanol–water partition coefficient (Wildman–Crippen LogP) is 4.14. The summed E-state index contributed by atoms with van der Waals surface area (Å²) in [5, 5.41) is 4.29. The van der Waals surface area contributed by atoms with E-state index in [9.17, 15) is 13.6 Å². The normalized spacial score (nSPS) is 10.9. The average Bonchev–Trinajstić information content (AvgIpc) is 2.83. The first-order valence-corrected chi connectivity index (χ1v) is 7.11. The third-order valence-electron chi connectivity index (χ3n) is 2.78. The first-order chi connectivity index (χ1) is 10.0. The molecule has 4 nitrogen and oxygen atoms in total. The second-order valence-electron chi connectivity index (χ2n) is 4.33. The molecule has 0 saturated carbocycles. The highest BCUT2D eigenvalue weighted by molar-refractivity contribution is 9.10. The monoisotopic (exact) mass is 358 g/mol. The molecule has 1 heterocycles. The topological polar surface area (TPSA) is 44.1 Å². The predicted molar refractivity (Wildman–Crippen MR) is 77.7 cm³/mol. The maximum Gasteiger partial charge on any atom is 0.387 e. The van der Waals surface area contributed by atoms with Gasteiger partial charge in [-0.25, -0.2) is 0 Å². The van der Waals surface area contributed by atoms with Crippen LogP contribution in [0, 0.1) is 0 Å². The Morgan fingerprint density at radius 3 is 2.86 bits per heavy atom. The molecule has 2 rings (SSSR count). The van der Waals surface area contributed by atoms with E-state index in [4.69, 9.17) is 0 Å². The molecule has 0 N–H and O–H groups in total. The van der Waals surface area contributed by atoms with Crippen molar-refractivity contribution in [3.63, 3.8) is 0 Å². The van der Waals surface area contributed by atoms with Crippen LogP contribution in [0.5, 0.6) is 5.75 Å². The number of aryl methyl sites for hydroxylation is 1. The first-order valence-electron chi connectivity index (χ1n) is 6.32. The van der Waals surface area contributed by atoms with Crippen molar-refractivity contribution in [1.82, 2.24) is 9.78 Å². The molecule has 0 saturated heterocycles. The van der Waals surface area contributed by atoms with Gasteiger partial charge in [0.1, 0.15) is 11.4 Å². The summed E-state index contributed by atoms with van der Waals surface area (Å²) in [7, 11) is 0. The van der Waals surface area contributed by atoms with Crippen molar-refractivity contribution in [2.45, 2.75) is 26.5 Å². The zero-order chi connectivity index (χ0) is 15.4. The van der Waals surface area contributed by atoms with Crippen LogP contribution in [-0.4, -0.2) is 22.7 Å². The fourth-order valence-electron chi connectivity index (χ4n) is 1.96. The maximum absolute atomic E-state index is 12.5. The standard InChI is InChI=1S/C14H13BrF2N2O2/c1-2-5-19-7-9(8-20)13(18-19)11-6-10(15)3-4-12(11)21-14(16)17/h3-4,6-8,14H,2,5H2,1H3. The molecule has 1 aromatic carbocycles. The van der Waals surface area contributed by atoms with Crippen molar-refractivity contribution in [2.24, 2.45) is 0 Å². The van der Waals surface area contributed by atoms with Crippen molar-refractivity contribution >= 4 is 22.2 Å². The summed E-state index contributed by atoms with van der Waals surface area (Å²) in [5.74, 6) is -0.0157. The van der Waals surface area contributed by atoms with E-state index in [2.05, 4.69) is 25.8 Å². The van der Waals surface area contributed by atoms with E-state index in [1.807, 2.05) is 6.92 Å². The lowest BCUT2D eigenvalue weighted by Gasteiger charge is -2.10. The van der Waals surface area contributed by atoms with Crippen LogP contribution in [0.15, 0.2) is 28.9 Å². The minimum Gasteiger partial charge on any atom is -0.434 e. The van der Waals surface area contributed by atoms with Gasteiger partial charge in [0.2, 0.25) is 0 Å². The zero-order valence-electron chi connectivity index (χ0n) is 11.2. The van der Waals surface area contributed by atoms with Crippen molar-refractivity contribution < 1.29 is 18.3 Å². The largest absolute Gasteiger partial charge is 0.434 e. The van der Waals surface area contributed by atoms with Crippen molar-refractivity contribution in [2.75, 3.05) is 0 Å². The van der Waals surface area contributed by atoms with E-state index in [0.717, 1.165) is 6.42 Å². The number of nitrogens with zero attached hydrogens (tertiary/aromatic N) is 2. The Hall–Kier alpha value is -1.76. The molecule has 0 bridgehead atoms. The fourth-order valence-corrected chi connectivity index (χ4v) is 2.32. The lowest BCUT2D eigenvalue weighted by Crippen LogP contribution is -2.04. The van der Waals surface area contributed by atoms with Crippen LogP contribution in [-0.2, 0) is 6.54 Å². The van der Waals surface area contributed by atoms with Gasteiger partial charge < -0.3 is 4.74 Å². The van der Waals surface area contributed by atoms with Gasteiger partial charge in [-0.05, 0) is 24.6 Å². The zero-order valence-corrected chi connectivity index (χ0v) is 12.8. The summed E-state index contributed by atoms with van der Waals surface area (Å²) >= 11 is 3.28. The van der Waals surface area contributed by atoms with Gasteiger partial charge in [0, 0.05) is 22.8 Å². The van der Waals surface area contributed by atoms with E-state index in [-0.39, 0.29) is 5.75 Å². The molecule has 21 heavy (non-hydrogen) atoms. The minimum atomic E-state index is -2.94. The molecular weight excluding hydrogens is 346 g/mol. The van der Waals surface area contributed by atoms with Crippen molar-refractivity contribution in [1.29, 1.82) is 0 Å². The van der Waals surface area contributed by atoms with Gasteiger partial charge in [-0.1, -0.05) is 22.9 Å². The molecule has 0 unspecified atom stereocenters. The van der Waals surface area contributed by atoms with Gasteiger partial charge in [0.15, 0.2) is 6.29 Å². The number of hydrogen-bond acceptors (Lipinski definition) is 3. The van der Waals surface area contributed by atoms with Gasteiger partial charge in [-0.3, -0.25) is 9.48 Å². The van der Waals surface area contributed by atoms with Gasteiger partial charge in [0.05, 0.1) is 5.56 Å². The molecule has 7 heteroatoms. The number of rotatable bonds is 6. The molecule has 0 aliphatic rings. The Bertz CT molecular complexity index is 644. The number of hydrogen-bond donors (Lipinski definition) is 0. The van der Waals surface area contributed by atoms with E-state index in [0.29, 0.717) is 34.1 Å². The van der Waals surface area contributed by atoms with Crippen LogP contribution < -0.4 is 4.74 Å². The Balaban J connectivity index is 2.53. The second-order valence-corrected chi connectivity index (χ2v) is 5.25. The highest BCUT2D eigenvalue weighted by Crippen LogP contribution is 2.34. The molecule has 0 aliphatic carbocycles. The van der Waals surface area contributed by atoms with Gasteiger partial charge in [0.25, 0.3) is 0 Å². The highest BCUT2D eigenvalue weighted by atomic mass is 79.9. The fraction of sp³-hybridized carbons (Fsp3) is 0.286. The Morgan fingerprint density at radius 2 is 2.24 bits per heavy atom. The van der Waals surface area contributed by atoms with E-state index in [1.54, 1.807) is 23.0 Å². The van der Waals surface area contributed by atoms with E-state index in [1.165, 1.54) is 6.07 Å². The van der Waals surface area contributed by atoms with Gasteiger partial charge >= 0.3 is 6.61 Å². The molecule has 2 aromatic rings. The minimum absolute atomic E-state index is 0.0157. The number of alkyl halides is 2. The third kappa shape index (κ3) is 3.66. The molecule has 0 atom stereocenters. The molecule has 0 amide bonds. The molecule has 0 spiro atoms. The maximum atomic E-state index is 12.5. The molecule has 0 radical (unpaired) electrons. The molecule has 0 aliphatic heterocycles. The second kappa shape index (κ2) is 6.80. The van der Waals surface area contributed by atoms with E-state index < -0.39 is 6.61 Å². The first kappa shape index (κ1) is 15.6. The number of carbonyl (C=O) groups excluding carboxylic acids is 1. The Morgan fingerprint density at radius 1 is 1.48 bits per heavy atom. The Labute approximate surface area is 128 Å².